The normalized spacial score (nSPS) is 10.1. The average molecular weight is 345 g/mol. The van der Waals surface area contributed by atoms with E-state index in [1.807, 2.05) is 0 Å². The quantitative estimate of drug-likeness (QED) is 0.446. The van der Waals surface area contributed by atoms with Gasteiger partial charge in [-0.3, -0.25) is 0 Å². The number of aryl methyl sites for hydroxylation is 5. The molecule has 0 N–H and O–H groups in total. The highest BCUT2D eigenvalue weighted by Crippen LogP contribution is 2.09. The number of benzene rings is 3. The summed E-state index contributed by atoms with van der Waals surface area (Å²) in [4.78, 5) is 0. The van der Waals surface area contributed by atoms with Crippen LogP contribution in [-0.4, -0.2) is 0 Å². The second kappa shape index (κ2) is 11.3. The third-order valence-corrected chi connectivity index (χ3v) is 4.55. The Morgan fingerprint density at radius 3 is 1.38 bits per heavy atom. The highest BCUT2D eigenvalue weighted by atomic mass is 14.0. The lowest BCUT2D eigenvalue weighted by molar-refractivity contribution is 0.820. The van der Waals surface area contributed by atoms with Gasteiger partial charge < -0.3 is 0 Å². The van der Waals surface area contributed by atoms with Crippen LogP contribution < -0.4 is 0 Å². The molecule has 136 valence electrons. The highest BCUT2D eigenvalue weighted by Gasteiger charge is 1.95. The van der Waals surface area contributed by atoms with Crippen molar-refractivity contribution in [1.82, 2.24) is 0 Å². The van der Waals surface area contributed by atoms with E-state index in [9.17, 15) is 0 Å². The first-order valence-electron chi connectivity index (χ1n) is 9.82. The highest BCUT2D eigenvalue weighted by molar-refractivity contribution is 5.22. The molecule has 0 radical (unpaired) electrons. The van der Waals surface area contributed by atoms with Crippen LogP contribution in [0.15, 0.2) is 78.9 Å². The molecule has 3 aromatic rings. The molecule has 0 fully saturated rings. The van der Waals surface area contributed by atoms with Crippen LogP contribution in [0.5, 0.6) is 0 Å². The fourth-order valence-corrected chi connectivity index (χ4v) is 2.94. The van der Waals surface area contributed by atoms with Crippen molar-refractivity contribution >= 4 is 0 Å². The molecule has 3 aromatic carbocycles. The van der Waals surface area contributed by atoms with Crippen LogP contribution in [0.4, 0.5) is 0 Å². The Hall–Kier alpha value is -2.34. The van der Waals surface area contributed by atoms with Crippen molar-refractivity contribution in [2.45, 2.75) is 52.9 Å². The molecule has 0 nitrogen and oxygen atoms in total. The summed E-state index contributed by atoms with van der Waals surface area (Å²) in [6.07, 6.45) is 6.03. The molecule has 26 heavy (non-hydrogen) atoms. The molecule has 0 atom stereocenters. The van der Waals surface area contributed by atoms with Crippen LogP contribution in [0, 0.1) is 13.8 Å². The van der Waals surface area contributed by atoms with Gasteiger partial charge in [0.15, 0.2) is 0 Å². The zero-order valence-corrected chi connectivity index (χ0v) is 16.5. The van der Waals surface area contributed by atoms with E-state index >= 15 is 0 Å². The topological polar surface area (TPSA) is 0 Å². The summed E-state index contributed by atoms with van der Waals surface area (Å²) in [5, 5.41) is 0. The van der Waals surface area contributed by atoms with Crippen LogP contribution in [-0.2, 0) is 19.3 Å². The average Bonchev–Trinajstić information content (AvgIpc) is 2.67. The van der Waals surface area contributed by atoms with Crippen LogP contribution >= 0.6 is 0 Å². The molecule has 0 aliphatic carbocycles. The lowest BCUT2D eigenvalue weighted by Gasteiger charge is -2.02. The van der Waals surface area contributed by atoms with Gasteiger partial charge in [-0.1, -0.05) is 103 Å². The standard InChI is InChI=1S/C16H18.C10H14/c1-14-10-12-16(13-11-14)9-5-8-15-6-3-2-4-7-15;1-3-4-10-7-5-9(2)6-8-10/h2-4,6-7,10-13H,5,8-9H2,1H3;5-8H,3-4H2,1-2H3. The van der Waals surface area contributed by atoms with Crippen molar-refractivity contribution in [2.24, 2.45) is 0 Å². The molecule has 0 bridgehead atoms. The van der Waals surface area contributed by atoms with Gasteiger partial charge in [-0.25, -0.2) is 0 Å². The molecule has 0 spiro atoms. The maximum absolute atomic E-state index is 2.24. The zero-order valence-electron chi connectivity index (χ0n) is 16.5. The number of hydrogen-bond donors (Lipinski definition) is 0. The van der Waals surface area contributed by atoms with E-state index in [0.717, 1.165) is 0 Å². The van der Waals surface area contributed by atoms with Crippen LogP contribution in [0.3, 0.4) is 0 Å². The van der Waals surface area contributed by atoms with Gasteiger partial charge in [-0.05, 0) is 56.2 Å². The van der Waals surface area contributed by atoms with E-state index < -0.39 is 0 Å². The van der Waals surface area contributed by atoms with Gasteiger partial charge in [-0.2, -0.15) is 0 Å². The largest absolute Gasteiger partial charge is 0.0651 e. The lowest BCUT2D eigenvalue weighted by Crippen LogP contribution is -1.89. The van der Waals surface area contributed by atoms with Gasteiger partial charge >= 0.3 is 0 Å². The minimum Gasteiger partial charge on any atom is -0.0651 e. The molecule has 0 saturated heterocycles. The molecule has 0 aliphatic rings. The Kier molecular flexibility index (Phi) is 8.69. The van der Waals surface area contributed by atoms with E-state index in [2.05, 4.69) is 99.6 Å². The van der Waals surface area contributed by atoms with Gasteiger partial charge in [0.05, 0.1) is 0 Å². The third-order valence-electron chi connectivity index (χ3n) is 4.55. The number of rotatable bonds is 6. The summed E-state index contributed by atoms with van der Waals surface area (Å²) in [6, 6.07) is 28.3. The Morgan fingerprint density at radius 2 is 0.923 bits per heavy atom. The first-order valence-corrected chi connectivity index (χ1v) is 9.82. The van der Waals surface area contributed by atoms with Gasteiger partial charge in [0.2, 0.25) is 0 Å². The molecule has 0 heterocycles. The smallest absolute Gasteiger partial charge is 0.0276 e. The summed E-state index contributed by atoms with van der Waals surface area (Å²) >= 11 is 0. The summed E-state index contributed by atoms with van der Waals surface area (Å²) in [6.45, 7) is 6.46. The minimum atomic E-state index is 1.18. The number of hydrogen-bond acceptors (Lipinski definition) is 0. The zero-order chi connectivity index (χ0) is 18.6. The Morgan fingerprint density at radius 1 is 0.500 bits per heavy atom. The Bertz CT molecular complexity index is 721. The molecule has 0 amide bonds. The van der Waals surface area contributed by atoms with Crippen LogP contribution in [0.1, 0.15) is 47.6 Å². The van der Waals surface area contributed by atoms with Crippen molar-refractivity contribution in [3.05, 3.63) is 107 Å². The minimum absolute atomic E-state index is 1.18. The fourth-order valence-electron chi connectivity index (χ4n) is 2.94. The van der Waals surface area contributed by atoms with Crippen molar-refractivity contribution in [3.8, 4) is 0 Å². The van der Waals surface area contributed by atoms with E-state index in [4.69, 9.17) is 0 Å². The molecule has 3 rings (SSSR count). The van der Waals surface area contributed by atoms with Crippen molar-refractivity contribution in [2.75, 3.05) is 0 Å². The van der Waals surface area contributed by atoms with Crippen LogP contribution in [0.25, 0.3) is 0 Å². The SMILES string of the molecule is CCCc1ccc(C)cc1.Cc1ccc(CCCc2ccccc2)cc1. The monoisotopic (exact) mass is 344 g/mol. The predicted octanol–water partition coefficient (Wildman–Crippen LogP) is 7.12. The second-order valence-corrected chi connectivity index (χ2v) is 7.06. The summed E-state index contributed by atoms with van der Waals surface area (Å²) in [5.74, 6) is 0. The summed E-state index contributed by atoms with van der Waals surface area (Å²) in [7, 11) is 0. The molecule has 0 saturated carbocycles. The Labute approximate surface area is 159 Å². The lowest BCUT2D eigenvalue weighted by atomic mass is 10.0. The van der Waals surface area contributed by atoms with E-state index in [-0.39, 0.29) is 0 Å². The summed E-state index contributed by atoms with van der Waals surface area (Å²) < 4.78 is 0. The van der Waals surface area contributed by atoms with Gasteiger partial charge in [0.25, 0.3) is 0 Å². The third kappa shape index (κ3) is 7.70. The maximum Gasteiger partial charge on any atom is -0.0276 e. The molecule has 0 aliphatic heterocycles. The van der Waals surface area contributed by atoms with Crippen molar-refractivity contribution < 1.29 is 0 Å². The first-order chi connectivity index (χ1) is 12.7. The fraction of sp³-hybridized carbons (Fsp3) is 0.308. The molecular weight excluding hydrogens is 312 g/mol. The molecule has 0 unspecified atom stereocenters. The molecule has 0 aromatic heterocycles. The first kappa shape index (κ1) is 20.0. The van der Waals surface area contributed by atoms with E-state index in [1.54, 1.807) is 0 Å². The van der Waals surface area contributed by atoms with Gasteiger partial charge in [0, 0.05) is 0 Å². The van der Waals surface area contributed by atoms with Crippen molar-refractivity contribution in [1.29, 1.82) is 0 Å². The van der Waals surface area contributed by atoms with Crippen LogP contribution in [0.2, 0.25) is 0 Å². The summed E-state index contributed by atoms with van der Waals surface area (Å²) in [5.41, 5.74) is 7.02. The maximum atomic E-state index is 2.24. The van der Waals surface area contributed by atoms with Crippen molar-refractivity contribution in [3.63, 3.8) is 0 Å². The van der Waals surface area contributed by atoms with Gasteiger partial charge in [0.1, 0.15) is 0 Å². The van der Waals surface area contributed by atoms with E-state index in [0.29, 0.717) is 0 Å². The van der Waals surface area contributed by atoms with Gasteiger partial charge in [-0.15, -0.1) is 0 Å². The predicted molar refractivity (Wildman–Crippen MR) is 115 cm³/mol. The van der Waals surface area contributed by atoms with E-state index in [1.165, 1.54) is 59.9 Å². The molecule has 0 heteroatoms. The molecular formula is C26H32. The Balaban J connectivity index is 0.000000209. The second-order valence-electron chi connectivity index (χ2n) is 7.06.